The van der Waals surface area contributed by atoms with E-state index in [1.807, 2.05) is 43.3 Å². The number of nitrogens with zero attached hydrogens (tertiary/aromatic N) is 1. The van der Waals surface area contributed by atoms with Gasteiger partial charge in [0, 0.05) is 22.9 Å². The number of rotatable bonds is 4. The average molecular weight is 383 g/mol. The van der Waals surface area contributed by atoms with Crippen molar-refractivity contribution in [3.63, 3.8) is 0 Å². The quantitative estimate of drug-likeness (QED) is 0.634. The van der Waals surface area contributed by atoms with E-state index in [2.05, 4.69) is 20.8 Å². The molecule has 27 heavy (non-hydrogen) atoms. The first-order chi connectivity index (χ1) is 13.1. The molecule has 2 atom stereocenters. The Kier molecular flexibility index (Phi) is 5.14. The highest BCUT2D eigenvalue weighted by Crippen LogP contribution is 2.30. The van der Waals surface area contributed by atoms with Crippen LogP contribution in [0.3, 0.4) is 0 Å². The van der Waals surface area contributed by atoms with E-state index < -0.39 is 0 Å². The lowest BCUT2D eigenvalue weighted by atomic mass is 9.93. The molecule has 0 radical (unpaired) electrons. The van der Waals surface area contributed by atoms with Crippen LogP contribution in [0.25, 0.3) is 10.8 Å². The summed E-state index contributed by atoms with van der Waals surface area (Å²) in [5, 5.41) is 16.5. The Bertz CT molecular complexity index is 962. The molecule has 1 amide bonds. The minimum atomic E-state index is -0.146. The number of H-pyrrole nitrogens is 1. The van der Waals surface area contributed by atoms with E-state index in [0.717, 1.165) is 53.0 Å². The number of carbonyl (C=O) groups is 1. The number of halogens is 1. The minimum Gasteiger partial charge on any atom is -0.345 e. The molecular formula is C21H23ClN4O. The standard InChI is InChI=1S/C21H23ClN4O/c1-13(15-8-9-19(22)17-7-3-2-6-16(15)17)25-21(27)18-12-24-26-20(18)14-5-4-10-23-11-14/h2-3,6-9,12-14,23H,4-5,10-11H2,1H3,(H,24,26)(H,25,27). The maximum atomic E-state index is 12.9. The molecule has 6 heteroatoms. The fourth-order valence-electron chi connectivity index (χ4n) is 3.90. The molecule has 2 heterocycles. The first-order valence-electron chi connectivity index (χ1n) is 9.37. The number of benzene rings is 2. The minimum absolute atomic E-state index is 0.101. The van der Waals surface area contributed by atoms with Gasteiger partial charge in [0.1, 0.15) is 0 Å². The second kappa shape index (κ2) is 7.71. The average Bonchev–Trinajstić information content (AvgIpc) is 3.19. The first-order valence-corrected chi connectivity index (χ1v) is 9.75. The van der Waals surface area contributed by atoms with Crippen molar-refractivity contribution in [1.82, 2.24) is 20.8 Å². The summed E-state index contributed by atoms with van der Waals surface area (Å²) < 4.78 is 0. The predicted molar refractivity (Wildman–Crippen MR) is 108 cm³/mol. The molecule has 3 aromatic rings. The Balaban J connectivity index is 1.58. The second-order valence-electron chi connectivity index (χ2n) is 7.12. The van der Waals surface area contributed by atoms with Crippen molar-refractivity contribution >= 4 is 28.3 Å². The third kappa shape index (κ3) is 3.57. The van der Waals surface area contributed by atoms with Crippen LogP contribution < -0.4 is 10.6 Å². The Hall–Kier alpha value is -2.37. The number of aromatic nitrogens is 2. The molecule has 1 aromatic heterocycles. The van der Waals surface area contributed by atoms with E-state index in [0.29, 0.717) is 11.5 Å². The molecule has 4 rings (SSSR count). The molecule has 2 unspecified atom stereocenters. The van der Waals surface area contributed by atoms with Crippen LogP contribution in [-0.4, -0.2) is 29.2 Å². The number of carbonyl (C=O) groups excluding carboxylic acids is 1. The lowest BCUT2D eigenvalue weighted by Gasteiger charge is -2.23. The highest BCUT2D eigenvalue weighted by Gasteiger charge is 2.24. The maximum Gasteiger partial charge on any atom is 0.255 e. The monoisotopic (exact) mass is 382 g/mol. The van der Waals surface area contributed by atoms with Crippen LogP contribution in [0.5, 0.6) is 0 Å². The second-order valence-corrected chi connectivity index (χ2v) is 7.53. The molecule has 5 nitrogen and oxygen atoms in total. The molecular weight excluding hydrogens is 360 g/mol. The molecule has 0 aliphatic carbocycles. The van der Waals surface area contributed by atoms with Crippen LogP contribution in [0, 0.1) is 0 Å². The number of aromatic amines is 1. The zero-order valence-electron chi connectivity index (χ0n) is 15.3. The molecule has 0 saturated carbocycles. The van der Waals surface area contributed by atoms with Crippen LogP contribution in [0.15, 0.2) is 42.6 Å². The fraction of sp³-hybridized carbons (Fsp3) is 0.333. The number of amides is 1. The maximum absolute atomic E-state index is 12.9. The molecule has 1 saturated heterocycles. The van der Waals surface area contributed by atoms with Gasteiger partial charge in [0.25, 0.3) is 5.91 Å². The molecule has 3 N–H and O–H groups in total. The van der Waals surface area contributed by atoms with Gasteiger partial charge in [0.15, 0.2) is 0 Å². The van der Waals surface area contributed by atoms with Gasteiger partial charge in [-0.15, -0.1) is 0 Å². The van der Waals surface area contributed by atoms with E-state index in [4.69, 9.17) is 11.6 Å². The van der Waals surface area contributed by atoms with Crippen molar-refractivity contribution in [2.45, 2.75) is 31.7 Å². The summed E-state index contributed by atoms with van der Waals surface area (Å²) >= 11 is 6.32. The zero-order valence-corrected chi connectivity index (χ0v) is 16.0. The van der Waals surface area contributed by atoms with Crippen molar-refractivity contribution in [2.75, 3.05) is 13.1 Å². The molecule has 2 aromatic carbocycles. The third-order valence-corrected chi connectivity index (χ3v) is 5.67. The van der Waals surface area contributed by atoms with Gasteiger partial charge in [0.05, 0.1) is 23.5 Å². The molecule has 1 aliphatic rings. The summed E-state index contributed by atoms with van der Waals surface area (Å²) in [7, 11) is 0. The Labute approximate surface area is 163 Å². The van der Waals surface area contributed by atoms with E-state index in [1.165, 1.54) is 0 Å². The number of nitrogens with one attached hydrogen (secondary N) is 3. The van der Waals surface area contributed by atoms with Crippen LogP contribution in [-0.2, 0) is 0 Å². The molecule has 0 spiro atoms. The van der Waals surface area contributed by atoms with E-state index in [-0.39, 0.29) is 11.9 Å². The van der Waals surface area contributed by atoms with Crippen LogP contribution in [0.4, 0.5) is 0 Å². The van der Waals surface area contributed by atoms with Crippen molar-refractivity contribution in [2.24, 2.45) is 0 Å². The molecule has 0 bridgehead atoms. The Morgan fingerprint density at radius 1 is 1.26 bits per heavy atom. The smallest absolute Gasteiger partial charge is 0.255 e. The number of fused-ring (bicyclic) bond motifs is 1. The van der Waals surface area contributed by atoms with Crippen molar-refractivity contribution < 1.29 is 4.79 Å². The van der Waals surface area contributed by atoms with E-state index in [1.54, 1.807) is 6.20 Å². The van der Waals surface area contributed by atoms with Gasteiger partial charge < -0.3 is 10.6 Å². The normalized spacial score (nSPS) is 18.4. The molecule has 1 aliphatic heterocycles. The van der Waals surface area contributed by atoms with E-state index >= 15 is 0 Å². The van der Waals surface area contributed by atoms with Gasteiger partial charge >= 0.3 is 0 Å². The number of hydrogen-bond donors (Lipinski definition) is 3. The van der Waals surface area contributed by atoms with Crippen molar-refractivity contribution in [1.29, 1.82) is 0 Å². The summed E-state index contributed by atoms with van der Waals surface area (Å²) in [5.74, 6) is 0.199. The summed E-state index contributed by atoms with van der Waals surface area (Å²) in [5.41, 5.74) is 2.61. The van der Waals surface area contributed by atoms with Gasteiger partial charge in [-0.3, -0.25) is 9.89 Å². The summed E-state index contributed by atoms with van der Waals surface area (Å²) in [6.07, 6.45) is 3.80. The van der Waals surface area contributed by atoms with Gasteiger partial charge in [-0.05, 0) is 43.3 Å². The van der Waals surface area contributed by atoms with Crippen molar-refractivity contribution in [3.8, 4) is 0 Å². The summed E-state index contributed by atoms with van der Waals surface area (Å²) in [4.78, 5) is 12.9. The van der Waals surface area contributed by atoms with Crippen LogP contribution in [0.1, 0.15) is 53.3 Å². The summed E-state index contributed by atoms with van der Waals surface area (Å²) in [6.45, 7) is 3.90. The van der Waals surface area contributed by atoms with Crippen LogP contribution in [0.2, 0.25) is 5.02 Å². The highest BCUT2D eigenvalue weighted by atomic mass is 35.5. The van der Waals surface area contributed by atoms with Gasteiger partial charge in [0.2, 0.25) is 0 Å². The van der Waals surface area contributed by atoms with Crippen LogP contribution >= 0.6 is 11.6 Å². The van der Waals surface area contributed by atoms with Crippen molar-refractivity contribution in [3.05, 3.63) is 64.4 Å². The number of hydrogen-bond acceptors (Lipinski definition) is 3. The largest absolute Gasteiger partial charge is 0.345 e. The number of piperidine rings is 1. The molecule has 140 valence electrons. The third-order valence-electron chi connectivity index (χ3n) is 5.34. The first kappa shape index (κ1) is 18.0. The topological polar surface area (TPSA) is 69.8 Å². The van der Waals surface area contributed by atoms with Gasteiger partial charge in [-0.1, -0.05) is 41.9 Å². The Morgan fingerprint density at radius 3 is 2.85 bits per heavy atom. The zero-order chi connectivity index (χ0) is 18.8. The SMILES string of the molecule is CC(NC(=O)c1cn[nH]c1C1CCCNC1)c1ccc(Cl)c2ccccc12. The van der Waals surface area contributed by atoms with E-state index in [9.17, 15) is 4.79 Å². The van der Waals surface area contributed by atoms with Gasteiger partial charge in [-0.2, -0.15) is 5.10 Å². The molecule has 1 fully saturated rings. The lowest BCUT2D eigenvalue weighted by molar-refractivity contribution is 0.0938. The fourth-order valence-corrected chi connectivity index (χ4v) is 4.13. The van der Waals surface area contributed by atoms with Gasteiger partial charge in [-0.25, -0.2) is 0 Å². The Morgan fingerprint density at radius 2 is 2.07 bits per heavy atom. The lowest BCUT2D eigenvalue weighted by Crippen LogP contribution is -2.31. The predicted octanol–water partition coefficient (Wildman–Crippen LogP) is 4.17. The summed E-state index contributed by atoms with van der Waals surface area (Å²) in [6, 6.07) is 11.7. The highest BCUT2D eigenvalue weighted by molar-refractivity contribution is 6.35.